The van der Waals surface area contributed by atoms with Crippen LogP contribution in [0.5, 0.6) is 5.75 Å². The van der Waals surface area contributed by atoms with Crippen molar-refractivity contribution in [2.75, 3.05) is 31.2 Å². The van der Waals surface area contributed by atoms with Crippen LogP contribution in [-0.2, 0) is 6.18 Å². The molecule has 33 heavy (non-hydrogen) atoms. The second-order valence-corrected chi connectivity index (χ2v) is 8.09. The number of nitrogens with one attached hydrogen (secondary N) is 1. The number of likely N-dealkylation sites (tertiary alicyclic amines) is 1. The number of hydrogen-bond donors (Lipinski definition) is 2. The van der Waals surface area contributed by atoms with Crippen molar-refractivity contribution in [3.05, 3.63) is 52.8 Å². The van der Waals surface area contributed by atoms with Crippen LogP contribution in [0.25, 0.3) is 10.9 Å². The van der Waals surface area contributed by atoms with Gasteiger partial charge in [-0.25, -0.2) is 9.97 Å². The monoisotopic (exact) mass is 459 g/mol. The van der Waals surface area contributed by atoms with Crippen molar-refractivity contribution in [3.8, 4) is 5.75 Å². The molecule has 2 heterocycles. The molecule has 1 aromatic heterocycles. The molecule has 0 aliphatic carbocycles. The zero-order valence-corrected chi connectivity index (χ0v) is 18.5. The van der Waals surface area contributed by atoms with Crippen LogP contribution in [-0.4, -0.2) is 41.0 Å². The molecule has 7 nitrogen and oxygen atoms in total. The third-order valence-electron chi connectivity index (χ3n) is 5.66. The van der Waals surface area contributed by atoms with Crippen molar-refractivity contribution in [2.45, 2.75) is 32.5 Å². The number of aromatic nitrogens is 2. The summed E-state index contributed by atoms with van der Waals surface area (Å²) in [7, 11) is 1.48. The minimum Gasteiger partial charge on any atom is -0.496 e. The molecule has 174 valence electrons. The number of aryl methyl sites for hydroxylation is 1. The standard InChI is InChI=1S/C23H24F3N5O2/c1-12(14-7-15(23(24,25)26)9-16(27)8-14)28-21-17-11-20(33-3)18(22(32)31-5-4-6-31)10-19(17)29-13(2)30-21/h7-12H,4-6,27H2,1-3H3,(H,28,29,30). The Kier molecular flexibility index (Phi) is 5.77. The van der Waals surface area contributed by atoms with E-state index < -0.39 is 17.8 Å². The van der Waals surface area contributed by atoms with Crippen LogP contribution in [0.2, 0.25) is 0 Å². The summed E-state index contributed by atoms with van der Waals surface area (Å²) in [6, 6.07) is 6.27. The van der Waals surface area contributed by atoms with Crippen LogP contribution in [0.3, 0.4) is 0 Å². The maximum absolute atomic E-state index is 13.2. The lowest BCUT2D eigenvalue weighted by Gasteiger charge is -2.31. The zero-order chi connectivity index (χ0) is 23.9. The van der Waals surface area contributed by atoms with Gasteiger partial charge < -0.3 is 20.7 Å². The summed E-state index contributed by atoms with van der Waals surface area (Å²) >= 11 is 0. The van der Waals surface area contributed by atoms with Gasteiger partial charge >= 0.3 is 6.18 Å². The summed E-state index contributed by atoms with van der Waals surface area (Å²) in [6.07, 6.45) is -3.54. The Morgan fingerprint density at radius 1 is 1.18 bits per heavy atom. The number of carbonyl (C=O) groups excluding carboxylic acids is 1. The number of halogens is 3. The maximum Gasteiger partial charge on any atom is 0.416 e. The number of rotatable bonds is 5. The lowest BCUT2D eigenvalue weighted by atomic mass is 10.0. The van der Waals surface area contributed by atoms with Gasteiger partial charge in [0.05, 0.1) is 29.8 Å². The number of hydrogen-bond acceptors (Lipinski definition) is 6. The molecule has 0 saturated carbocycles. The van der Waals surface area contributed by atoms with Gasteiger partial charge in [-0.1, -0.05) is 0 Å². The number of methoxy groups -OCH3 is 1. The molecule has 10 heteroatoms. The van der Waals surface area contributed by atoms with Gasteiger partial charge in [0.15, 0.2) is 0 Å². The molecule has 1 atom stereocenters. The fourth-order valence-electron chi connectivity index (χ4n) is 3.79. The van der Waals surface area contributed by atoms with Crippen molar-refractivity contribution >= 4 is 28.3 Å². The lowest BCUT2D eigenvalue weighted by Crippen LogP contribution is -2.42. The number of amides is 1. The van der Waals surface area contributed by atoms with Crippen LogP contribution >= 0.6 is 0 Å². The molecule has 1 aliphatic heterocycles. The van der Waals surface area contributed by atoms with Gasteiger partial charge in [0.1, 0.15) is 17.4 Å². The second-order valence-electron chi connectivity index (χ2n) is 8.09. The molecule has 0 radical (unpaired) electrons. The molecule has 0 bridgehead atoms. The first-order valence-corrected chi connectivity index (χ1v) is 10.5. The molecule has 2 aromatic carbocycles. The Morgan fingerprint density at radius 2 is 1.91 bits per heavy atom. The van der Waals surface area contributed by atoms with Gasteiger partial charge in [-0.2, -0.15) is 13.2 Å². The summed E-state index contributed by atoms with van der Waals surface area (Å²) in [5.74, 6) is 1.12. The SMILES string of the molecule is COc1cc2c(NC(C)c3cc(N)cc(C(F)(F)F)c3)nc(C)nc2cc1C(=O)N1CCC1. The molecular weight excluding hydrogens is 435 g/mol. The third kappa shape index (κ3) is 4.50. The van der Waals surface area contributed by atoms with Crippen molar-refractivity contribution < 1.29 is 22.7 Å². The quantitative estimate of drug-likeness (QED) is 0.543. The molecule has 1 aliphatic rings. The van der Waals surface area contributed by atoms with E-state index in [1.54, 1.807) is 30.9 Å². The van der Waals surface area contributed by atoms with Crippen LogP contribution in [0, 0.1) is 6.92 Å². The molecule has 1 amide bonds. The molecule has 3 N–H and O–H groups in total. The predicted octanol–water partition coefficient (Wildman–Crippen LogP) is 4.57. The summed E-state index contributed by atoms with van der Waals surface area (Å²) in [4.78, 5) is 23.4. The highest BCUT2D eigenvalue weighted by Gasteiger charge is 2.31. The number of nitrogen functional groups attached to an aromatic ring is 1. The van der Waals surface area contributed by atoms with Gasteiger partial charge in [-0.05, 0) is 56.2 Å². The van der Waals surface area contributed by atoms with E-state index in [4.69, 9.17) is 10.5 Å². The smallest absolute Gasteiger partial charge is 0.416 e. The lowest BCUT2D eigenvalue weighted by molar-refractivity contribution is -0.137. The number of benzene rings is 2. The van der Waals surface area contributed by atoms with Crippen molar-refractivity contribution in [3.63, 3.8) is 0 Å². The van der Waals surface area contributed by atoms with Gasteiger partial charge in [-0.3, -0.25) is 4.79 Å². The Labute approximate surface area is 188 Å². The molecule has 4 rings (SSSR count). The predicted molar refractivity (Wildman–Crippen MR) is 119 cm³/mol. The fraction of sp³-hybridized carbons (Fsp3) is 0.348. The summed E-state index contributed by atoms with van der Waals surface area (Å²) < 4.78 is 45.2. The first-order chi connectivity index (χ1) is 15.6. The Balaban J connectivity index is 1.73. The van der Waals surface area contributed by atoms with Gasteiger partial charge in [0.2, 0.25) is 0 Å². The van der Waals surface area contributed by atoms with Gasteiger partial charge in [0, 0.05) is 24.2 Å². The zero-order valence-electron chi connectivity index (χ0n) is 18.5. The minimum atomic E-state index is -4.51. The number of ether oxygens (including phenoxy) is 1. The number of nitrogens with zero attached hydrogens (tertiary/aromatic N) is 3. The van der Waals surface area contributed by atoms with E-state index in [1.807, 2.05) is 0 Å². The Hall–Kier alpha value is -3.56. The molecule has 1 unspecified atom stereocenters. The number of fused-ring (bicyclic) bond motifs is 1. The Morgan fingerprint density at radius 3 is 2.52 bits per heavy atom. The van der Waals surface area contributed by atoms with Crippen LogP contribution in [0.4, 0.5) is 24.7 Å². The van der Waals surface area contributed by atoms with Crippen molar-refractivity contribution in [2.24, 2.45) is 0 Å². The maximum atomic E-state index is 13.2. The largest absolute Gasteiger partial charge is 0.496 e. The minimum absolute atomic E-state index is 0.0213. The van der Waals surface area contributed by atoms with Crippen molar-refractivity contribution in [1.82, 2.24) is 14.9 Å². The highest BCUT2D eigenvalue weighted by molar-refractivity contribution is 6.03. The van der Waals surface area contributed by atoms with Crippen LogP contribution in [0.1, 0.15) is 46.7 Å². The summed E-state index contributed by atoms with van der Waals surface area (Å²) in [5.41, 5.74) is 6.23. The molecule has 1 saturated heterocycles. The second kappa shape index (κ2) is 8.42. The fourth-order valence-corrected chi connectivity index (χ4v) is 3.79. The number of nitrogens with two attached hydrogens (primary N) is 1. The van der Waals surface area contributed by atoms with E-state index in [9.17, 15) is 18.0 Å². The van der Waals surface area contributed by atoms with E-state index in [0.29, 0.717) is 52.5 Å². The Bertz CT molecular complexity index is 1220. The molecular formula is C23H24F3N5O2. The first-order valence-electron chi connectivity index (χ1n) is 10.5. The normalized spacial score (nSPS) is 14.7. The first kappa shape index (κ1) is 22.6. The molecule has 3 aromatic rings. The summed E-state index contributed by atoms with van der Waals surface area (Å²) in [5, 5.41) is 3.76. The topological polar surface area (TPSA) is 93.4 Å². The van der Waals surface area contributed by atoms with E-state index in [0.717, 1.165) is 18.6 Å². The van der Waals surface area contributed by atoms with E-state index in [-0.39, 0.29) is 11.6 Å². The van der Waals surface area contributed by atoms with E-state index in [1.165, 1.54) is 13.2 Å². The number of alkyl halides is 3. The highest BCUT2D eigenvalue weighted by Crippen LogP contribution is 2.35. The van der Waals surface area contributed by atoms with Crippen LogP contribution < -0.4 is 15.8 Å². The molecule has 1 fully saturated rings. The third-order valence-corrected chi connectivity index (χ3v) is 5.66. The average molecular weight is 459 g/mol. The van der Waals surface area contributed by atoms with Crippen LogP contribution in [0.15, 0.2) is 30.3 Å². The van der Waals surface area contributed by atoms with Gasteiger partial charge in [-0.15, -0.1) is 0 Å². The highest BCUT2D eigenvalue weighted by atomic mass is 19.4. The number of carbonyl (C=O) groups is 1. The van der Waals surface area contributed by atoms with Crippen molar-refractivity contribution in [1.29, 1.82) is 0 Å². The van der Waals surface area contributed by atoms with E-state index in [2.05, 4.69) is 15.3 Å². The van der Waals surface area contributed by atoms with Gasteiger partial charge in [0.25, 0.3) is 5.91 Å². The summed E-state index contributed by atoms with van der Waals surface area (Å²) in [6.45, 7) is 4.83. The van der Waals surface area contributed by atoms with E-state index >= 15 is 0 Å². The average Bonchev–Trinajstić information content (AvgIpc) is 2.70. The number of anilines is 2. The molecule has 0 spiro atoms.